The van der Waals surface area contributed by atoms with E-state index in [0.29, 0.717) is 16.6 Å². The van der Waals surface area contributed by atoms with Gasteiger partial charge in [0, 0.05) is 18.3 Å². The van der Waals surface area contributed by atoms with Gasteiger partial charge in [-0.05, 0) is 62.9 Å². The molecule has 1 fully saturated rings. The molecule has 0 spiro atoms. The van der Waals surface area contributed by atoms with Crippen molar-refractivity contribution in [1.82, 2.24) is 9.97 Å². The van der Waals surface area contributed by atoms with Gasteiger partial charge in [-0.3, -0.25) is 4.79 Å². The molecule has 9 heteroatoms. The van der Waals surface area contributed by atoms with Gasteiger partial charge in [0.05, 0.1) is 15.8 Å². The number of aromatic nitrogens is 2. The number of anilines is 2. The van der Waals surface area contributed by atoms with E-state index in [0.717, 1.165) is 53.1 Å². The first-order valence-electron chi connectivity index (χ1n) is 9.75. The van der Waals surface area contributed by atoms with Gasteiger partial charge < -0.3 is 10.2 Å². The molecule has 4 rings (SSSR count). The van der Waals surface area contributed by atoms with Crippen LogP contribution in [0.25, 0.3) is 10.2 Å². The Morgan fingerprint density at radius 2 is 1.93 bits per heavy atom. The number of alkyl halides is 3. The molecule has 1 atom stereocenters. The summed E-state index contributed by atoms with van der Waals surface area (Å²) in [5.41, 5.74) is 0.336. The number of rotatable bonds is 3. The summed E-state index contributed by atoms with van der Waals surface area (Å²) in [6, 6.07) is 4.78. The standard InChI is InChI=1S/C21H21F3N4OS/c1-12-5-3-4-10-28(12)18-16-13(2)17(30-20(16)26-11-25-18)19(29)27-15-8-6-14(7-9-15)21(22,23)24/h6-9,11-12H,3-5,10H2,1-2H3,(H,27,29)/t12-/m1/s1. The van der Waals surface area contributed by atoms with Crippen LogP contribution in [0.3, 0.4) is 0 Å². The smallest absolute Gasteiger partial charge is 0.353 e. The number of hydrogen-bond donors (Lipinski definition) is 1. The maximum absolute atomic E-state index is 12.9. The number of carbonyl (C=O) groups is 1. The lowest BCUT2D eigenvalue weighted by Crippen LogP contribution is -2.38. The van der Waals surface area contributed by atoms with E-state index in [1.165, 1.54) is 36.2 Å². The molecule has 0 aliphatic carbocycles. The van der Waals surface area contributed by atoms with E-state index >= 15 is 0 Å². The predicted octanol–water partition coefficient (Wildman–Crippen LogP) is 5.65. The van der Waals surface area contributed by atoms with Crippen LogP contribution in [0, 0.1) is 6.92 Å². The fraction of sp³-hybridized carbons (Fsp3) is 0.381. The van der Waals surface area contributed by atoms with Crippen LogP contribution < -0.4 is 10.2 Å². The van der Waals surface area contributed by atoms with Crippen molar-refractivity contribution in [2.75, 3.05) is 16.8 Å². The Kier molecular flexibility index (Phi) is 5.40. The summed E-state index contributed by atoms with van der Waals surface area (Å²) in [7, 11) is 0. The summed E-state index contributed by atoms with van der Waals surface area (Å²) in [6.45, 7) is 4.95. The number of hydrogen-bond acceptors (Lipinski definition) is 5. The fourth-order valence-electron chi connectivity index (χ4n) is 3.83. The molecule has 3 heterocycles. The van der Waals surface area contributed by atoms with Crippen molar-refractivity contribution in [3.05, 3.63) is 46.6 Å². The molecule has 2 aromatic heterocycles. The molecule has 0 bridgehead atoms. The lowest BCUT2D eigenvalue weighted by molar-refractivity contribution is -0.137. The van der Waals surface area contributed by atoms with E-state index in [4.69, 9.17) is 0 Å². The maximum Gasteiger partial charge on any atom is 0.416 e. The quantitative estimate of drug-likeness (QED) is 0.579. The van der Waals surface area contributed by atoms with Crippen LogP contribution in [0.15, 0.2) is 30.6 Å². The maximum atomic E-state index is 12.9. The lowest BCUT2D eigenvalue weighted by Gasteiger charge is -2.34. The topological polar surface area (TPSA) is 58.1 Å². The molecule has 0 saturated carbocycles. The molecule has 1 aromatic carbocycles. The van der Waals surface area contributed by atoms with E-state index in [1.807, 2.05) is 6.92 Å². The van der Waals surface area contributed by atoms with Gasteiger partial charge in [-0.15, -0.1) is 11.3 Å². The minimum atomic E-state index is -4.41. The summed E-state index contributed by atoms with van der Waals surface area (Å²) in [5, 5.41) is 3.56. The van der Waals surface area contributed by atoms with Crippen molar-refractivity contribution in [2.24, 2.45) is 0 Å². The second kappa shape index (κ2) is 7.86. The summed E-state index contributed by atoms with van der Waals surface area (Å²) in [4.78, 5) is 25.2. The Labute approximate surface area is 175 Å². The highest BCUT2D eigenvalue weighted by Crippen LogP contribution is 2.37. The number of halogens is 3. The van der Waals surface area contributed by atoms with Crippen LogP contribution in [0.1, 0.15) is 47.0 Å². The molecule has 5 nitrogen and oxygen atoms in total. The van der Waals surface area contributed by atoms with Crippen LogP contribution in [0.4, 0.5) is 24.7 Å². The predicted molar refractivity (Wildman–Crippen MR) is 112 cm³/mol. The normalized spacial score (nSPS) is 17.4. The number of amides is 1. The van der Waals surface area contributed by atoms with E-state index in [9.17, 15) is 18.0 Å². The van der Waals surface area contributed by atoms with Gasteiger partial charge in [0.1, 0.15) is 17.0 Å². The minimum absolute atomic E-state index is 0.306. The first kappa shape index (κ1) is 20.6. The fourth-order valence-corrected chi connectivity index (χ4v) is 4.87. The lowest BCUT2D eigenvalue weighted by atomic mass is 10.0. The molecule has 0 radical (unpaired) electrons. The van der Waals surface area contributed by atoms with Crippen LogP contribution in [0.2, 0.25) is 0 Å². The Balaban J connectivity index is 1.64. The third-order valence-corrected chi connectivity index (χ3v) is 6.66. The first-order valence-corrected chi connectivity index (χ1v) is 10.6. The second-order valence-corrected chi connectivity index (χ2v) is 8.50. The van der Waals surface area contributed by atoms with Crippen LogP contribution in [-0.2, 0) is 6.18 Å². The Bertz CT molecular complexity index is 1080. The number of carbonyl (C=O) groups excluding carboxylic acids is 1. The third-order valence-electron chi connectivity index (χ3n) is 5.46. The second-order valence-electron chi connectivity index (χ2n) is 7.50. The summed E-state index contributed by atoms with van der Waals surface area (Å²) >= 11 is 1.27. The zero-order valence-corrected chi connectivity index (χ0v) is 17.4. The van der Waals surface area contributed by atoms with Gasteiger partial charge in [-0.1, -0.05) is 0 Å². The molecular formula is C21H21F3N4OS. The summed E-state index contributed by atoms with van der Waals surface area (Å²) < 4.78 is 38.2. The highest BCUT2D eigenvalue weighted by molar-refractivity contribution is 7.20. The van der Waals surface area contributed by atoms with Crippen LogP contribution in [-0.4, -0.2) is 28.5 Å². The molecule has 1 aliphatic heterocycles. The zero-order chi connectivity index (χ0) is 21.5. The van der Waals surface area contributed by atoms with Gasteiger partial charge in [0.2, 0.25) is 0 Å². The molecule has 30 heavy (non-hydrogen) atoms. The average molecular weight is 434 g/mol. The molecule has 0 unspecified atom stereocenters. The van der Waals surface area contributed by atoms with Crippen molar-refractivity contribution in [1.29, 1.82) is 0 Å². The molecule has 1 amide bonds. The van der Waals surface area contributed by atoms with Crippen molar-refractivity contribution in [2.45, 2.75) is 45.3 Å². The van der Waals surface area contributed by atoms with Crippen molar-refractivity contribution >= 4 is 39.0 Å². The van der Waals surface area contributed by atoms with Gasteiger partial charge in [-0.2, -0.15) is 13.2 Å². The largest absolute Gasteiger partial charge is 0.416 e. The number of piperidine rings is 1. The molecular weight excluding hydrogens is 413 g/mol. The van der Waals surface area contributed by atoms with E-state index < -0.39 is 11.7 Å². The Hall–Kier alpha value is -2.68. The third kappa shape index (κ3) is 3.86. The minimum Gasteiger partial charge on any atom is -0.353 e. The Morgan fingerprint density at radius 3 is 2.60 bits per heavy atom. The molecule has 158 valence electrons. The number of nitrogens with one attached hydrogen (secondary N) is 1. The summed E-state index contributed by atoms with van der Waals surface area (Å²) in [5.74, 6) is 0.474. The van der Waals surface area contributed by atoms with E-state index in [1.54, 1.807) is 0 Å². The molecule has 1 saturated heterocycles. The number of fused-ring (bicyclic) bond motifs is 1. The van der Waals surface area contributed by atoms with Crippen molar-refractivity contribution < 1.29 is 18.0 Å². The SMILES string of the molecule is Cc1c(C(=O)Nc2ccc(C(F)(F)F)cc2)sc2ncnc(N3CCCC[C@H]3C)c12. The van der Waals surface area contributed by atoms with Gasteiger partial charge in [0.15, 0.2) is 0 Å². The van der Waals surface area contributed by atoms with E-state index in [-0.39, 0.29) is 5.91 Å². The van der Waals surface area contributed by atoms with Crippen molar-refractivity contribution in [3.63, 3.8) is 0 Å². The average Bonchev–Trinajstić information content (AvgIpc) is 3.05. The highest BCUT2D eigenvalue weighted by atomic mass is 32.1. The molecule has 1 aliphatic rings. The van der Waals surface area contributed by atoms with E-state index in [2.05, 4.69) is 27.1 Å². The van der Waals surface area contributed by atoms with Gasteiger partial charge >= 0.3 is 6.18 Å². The monoisotopic (exact) mass is 434 g/mol. The first-order chi connectivity index (χ1) is 14.3. The number of nitrogens with zero attached hydrogens (tertiary/aromatic N) is 3. The summed E-state index contributed by atoms with van der Waals surface area (Å²) in [6.07, 6.45) is 0.489. The van der Waals surface area contributed by atoms with Crippen LogP contribution >= 0.6 is 11.3 Å². The zero-order valence-electron chi connectivity index (χ0n) is 16.6. The number of thiophene rings is 1. The van der Waals surface area contributed by atoms with Crippen molar-refractivity contribution in [3.8, 4) is 0 Å². The highest BCUT2D eigenvalue weighted by Gasteiger charge is 2.30. The number of benzene rings is 1. The molecule has 3 aromatic rings. The molecule has 1 N–H and O–H groups in total. The Morgan fingerprint density at radius 1 is 1.20 bits per heavy atom. The number of aryl methyl sites for hydroxylation is 1. The van der Waals surface area contributed by atoms with Crippen LogP contribution in [0.5, 0.6) is 0 Å². The van der Waals surface area contributed by atoms with Gasteiger partial charge in [0.25, 0.3) is 5.91 Å². The van der Waals surface area contributed by atoms with Gasteiger partial charge in [-0.25, -0.2) is 9.97 Å².